The summed E-state index contributed by atoms with van der Waals surface area (Å²) in [6.45, 7) is 0. The van der Waals surface area contributed by atoms with E-state index in [9.17, 15) is 13.2 Å². The van der Waals surface area contributed by atoms with E-state index in [-0.39, 0.29) is 10.5 Å². The molecule has 8 heteroatoms. The highest BCUT2D eigenvalue weighted by atomic mass is 32.2. The Morgan fingerprint density at radius 2 is 1.88 bits per heavy atom. The van der Waals surface area contributed by atoms with Gasteiger partial charge in [-0.2, -0.15) is 5.26 Å². The Kier molecular flexibility index (Phi) is 5.31. The van der Waals surface area contributed by atoms with E-state index in [1.807, 2.05) is 6.07 Å². The Bertz CT molecular complexity index is 886. The van der Waals surface area contributed by atoms with Crippen LogP contribution in [0.4, 0.5) is 5.69 Å². The minimum Gasteiger partial charge on any atom is -0.322 e. The quantitative estimate of drug-likeness (QED) is 0.836. The summed E-state index contributed by atoms with van der Waals surface area (Å²) >= 11 is 0. The summed E-state index contributed by atoms with van der Waals surface area (Å²) in [6.07, 6.45) is 0. The van der Waals surface area contributed by atoms with Gasteiger partial charge in [0.2, 0.25) is 0 Å². The zero-order chi connectivity index (χ0) is 17.7. The SMILES string of the molecule is CON(C)S(=O)(=O)c1ccc(C(=O)Nc2cccc(C#N)c2)cc1. The van der Waals surface area contributed by atoms with Crippen LogP contribution in [0.5, 0.6) is 0 Å². The molecule has 0 bridgehead atoms. The van der Waals surface area contributed by atoms with E-state index in [4.69, 9.17) is 5.26 Å². The summed E-state index contributed by atoms with van der Waals surface area (Å²) in [5.74, 6) is -0.408. The first-order valence-corrected chi connectivity index (χ1v) is 8.27. The van der Waals surface area contributed by atoms with E-state index in [2.05, 4.69) is 10.2 Å². The van der Waals surface area contributed by atoms with Crippen molar-refractivity contribution in [1.82, 2.24) is 4.47 Å². The van der Waals surface area contributed by atoms with Crippen molar-refractivity contribution in [3.63, 3.8) is 0 Å². The first-order valence-electron chi connectivity index (χ1n) is 6.83. The fraction of sp³-hybridized carbons (Fsp3) is 0.125. The second-order valence-corrected chi connectivity index (χ2v) is 6.70. The van der Waals surface area contributed by atoms with E-state index in [1.165, 1.54) is 38.4 Å². The molecule has 0 radical (unpaired) electrons. The first-order chi connectivity index (χ1) is 11.4. The van der Waals surface area contributed by atoms with Crippen molar-refractivity contribution in [2.75, 3.05) is 19.5 Å². The topological polar surface area (TPSA) is 99.5 Å². The standard InChI is InChI=1S/C16H15N3O4S/c1-19(23-2)24(21,22)15-8-6-13(7-9-15)16(20)18-14-5-3-4-12(10-14)11-17/h3-10H,1-2H3,(H,18,20). The Morgan fingerprint density at radius 1 is 1.21 bits per heavy atom. The maximum Gasteiger partial charge on any atom is 0.264 e. The molecule has 1 N–H and O–H groups in total. The molecule has 124 valence electrons. The monoisotopic (exact) mass is 345 g/mol. The molecule has 2 rings (SSSR count). The summed E-state index contributed by atoms with van der Waals surface area (Å²) in [6, 6.07) is 13.9. The van der Waals surface area contributed by atoms with Crippen molar-refractivity contribution in [3.05, 3.63) is 59.7 Å². The lowest BCUT2D eigenvalue weighted by Crippen LogP contribution is -2.25. The van der Waals surface area contributed by atoms with Gasteiger partial charge in [0, 0.05) is 18.3 Å². The van der Waals surface area contributed by atoms with Crippen LogP contribution < -0.4 is 5.32 Å². The van der Waals surface area contributed by atoms with Crippen molar-refractivity contribution < 1.29 is 18.0 Å². The third kappa shape index (κ3) is 3.78. The summed E-state index contributed by atoms with van der Waals surface area (Å²) < 4.78 is 24.9. The molecule has 0 fully saturated rings. The van der Waals surface area contributed by atoms with Crippen molar-refractivity contribution in [1.29, 1.82) is 5.26 Å². The molecule has 0 unspecified atom stereocenters. The van der Waals surface area contributed by atoms with Gasteiger partial charge in [-0.05, 0) is 42.5 Å². The van der Waals surface area contributed by atoms with Gasteiger partial charge >= 0.3 is 0 Å². The van der Waals surface area contributed by atoms with Gasteiger partial charge in [-0.1, -0.05) is 10.5 Å². The molecule has 2 aromatic rings. The summed E-state index contributed by atoms with van der Waals surface area (Å²) in [4.78, 5) is 16.9. The van der Waals surface area contributed by atoms with Gasteiger partial charge in [0.25, 0.3) is 15.9 Å². The number of rotatable bonds is 5. The maximum absolute atomic E-state index is 12.2. The van der Waals surface area contributed by atoms with Crippen LogP contribution in [0.1, 0.15) is 15.9 Å². The number of sulfonamides is 1. The predicted octanol–water partition coefficient (Wildman–Crippen LogP) is 1.99. The number of nitriles is 1. The van der Waals surface area contributed by atoms with Crippen LogP contribution in [-0.2, 0) is 14.9 Å². The van der Waals surface area contributed by atoms with Crippen molar-refractivity contribution in [2.24, 2.45) is 0 Å². The number of hydroxylamine groups is 1. The lowest BCUT2D eigenvalue weighted by atomic mass is 10.2. The van der Waals surface area contributed by atoms with Crippen LogP contribution in [0.15, 0.2) is 53.4 Å². The molecule has 0 saturated carbocycles. The molecule has 0 aliphatic rings. The maximum atomic E-state index is 12.2. The van der Waals surface area contributed by atoms with E-state index in [1.54, 1.807) is 24.3 Å². The van der Waals surface area contributed by atoms with Crippen LogP contribution in [0.2, 0.25) is 0 Å². The predicted molar refractivity (Wildman–Crippen MR) is 87.5 cm³/mol. The average molecular weight is 345 g/mol. The highest BCUT2D eigenvalue weighted by Gasteiger charge is 2.20. The van der Waals surface area contributed by atoms with Gasteiger partial charge in [0.05, 0.1) is 23.6 Å². The minimum atomic E-state index is -3.76. The summed E-state index contributed by atoms with van der Waals surface area (Å²) in [5.41, 5.74) is 1.20. The van der Waals surface area contributed by atoms with Crippen LogP contribution in [0.3, 0.4) is 0 Å². The minimum absolute atomic E-state index is 0.00915. The fourth-order valence-electron chi connectivity index (χ4n) is 1.89. The lowest BCUT2D eigenvalue weighted by Gasteiger charge is -2.14. The molecule has 0 atom stereocenters. The zero-order valence-electron chi connectivity index (χ0n) is 13.1. The van der Waals surface area contributed by atoms with E-state index >= 15 is 0 Å². The third-order valence-electron chi connectivity index (χ3n) is 3.26. The van der Waals surface area contributed by atoms with Gasteiger partial charge in [-0.25, -0.2) is 8.42 Å². The highest BCUT2D eigenvalue weighted by molar-refractivity contribution is 7.89. The number of benzene rings is 2. The van der Waals surface area contributed by atoms with E-state index in [0.29, 0.717) is 11.3 Å². The Labute approximate surface area is 140 Å². The van der Waals surface area contributed by atoms with E-state index < -0.39 is 15.9 Å². The van der Waals surface area contributed by atoms with Gasteiger partial charge in [0.1, 0.15) is 0 Å². The van der Waals surface area contributed by atoms with Crippen LogP contribution >= 0.6 is 0 Å². The van der Waals surface area contributed by atoms with Crippen molar-refractivity contribution in [2.45, 2.75) is 4.90 Å². The molecule has 0 spiro atoms. The molecular weight excluding hydrogens is 330 g/mol. The average Bonchev–Trinajstić information content (AvgIpc) is 2.61. The third-order valence-corrected chi connectivity index (χ3v) is 4.95. The second kappa shape index (κ2) is 7.23. The highest BCUT2D eigenvalue weighted by Crippen LogP contribution is 2.16. The normalized spacial score (nSPS) is 11.1. The number of nitrogens with zero attached hydrogens (tertiary/aromatic N) is 2. The molecule has 2 aromatic carbocycles. The smallest absolute Gasteiger partial charge is 0.264 e. The second-order valence-electron chi connectivity index (χ2n) is 4.77. The molecule has 0 heterocycles. The number of carbonyl (C=O) groups excluding carboxylic acids is 1. The van der Waals surface area contributed by atoms with Gasteiger partial charge in [-0.15, -0.1) is 0 Å². The number of anilines is 1. The number of nitrogens with one attached hydrogen (secondary N) is 1. The number of carbonyl (C=O) groups is 1. The molecule has 0 aliphatic carbocycles. The fourth-order valence-corrected chi connectivity index (χ4v) is 2.87. The number of hydrogen-bond donors (Lipinski definition) is 1. The van der Waals surface area contributed by atoms with Crippen LogP contribution in [0, 0.1) is 11.3 Å². The lowest BCUT2D eigenvalue weighted by molar-refractivity contribution is -0.0258. The Morgan fingerprint density at radius 3 is 2.46 bits per heavy atom. The largest absolute Gasteiger partial charge is 0.322 e. The molecule has 0 aromatic heterocycles. The molecule has 0 saturated heterocycles. The Balaban J connectivity index is 2.19. The molecule has 1 amide bonds. The van der Waals surface area contributed by atoms with Crippen molar-refractivity contribution in [3.8, 4) is 6.07 Å². The summed E-state index contributed by atoms with van der Waals surface area (Å²) in [5, 5.41) is 11.5. The zero-order valence-corrected chi connectivity index (χ0v) is 13.9. The molecular formula is C16H15N3O4S. The molecule has 7 nitrogen and oxygen atoms in total. The first kappa shape index (κ1) is 17.6. The number of amides is 1. The molecule has 24 heavy (non-hydrogen) atoms. The van der Waals surface area contributed by atoms with Crippen LogP contribution in [-0.4, -0.2) is 33.0 Å². The van der Waals surface area contributed by atoms with E-state index in [0.717, 1.165) is 4.47 Å². The Hall–Kier alpha value is -2.73. The van der Waals surface area contributed by atoms with Gasteiger partial charge < -0.3 is 5.32 Å². The van der Waals surface area contributed by atoms with Crippen LogP contribution in [0.25, 0.3) is 0 Å². The van der Waals surface area contributed by atoms with Gasteiger partial charge in [0.15, 0.2) is 0 Å². The molecule has 0 aliphatic heterocycles. The van der Waals surface area contributed by atoms with Gasteiger partial charge in [-0.3, -0.25) is 9.63 Å². The summed E-state index contributed by atoms with van der Waals surface area (Å²) in [7, 11) is -1.24. The van der Waals surface area contributed by atoms with Crippen molar-refractivity contribution >= 4 is 21.6 Å². The number of hydrogen-bond acceptors (Lipinski definition) is 5.